The van der Waals surface area contributed by atoms with Gasteiger partial charge in [0.05, 0.1) is 36.5 Å². The van der Waals surface area contributed by atoms with Gasteiger partial charge in [0, 0.05) is 29.4 Å². The van der Waals surface area contributed by atoms with E-state index in [0.717, 1.165) is 11.4 Å². The molecule has 52 heavy (non-hydrogen) atoms. The number of hydrogen-bond acceptors (Lipinski definition) is 10. The highest BCUT2D eigenvalue weighted by Crippen LogP contribution is 2.20. The number of ether oxygens (including phenoxy) is 3. The summed E-state index contributed by atoms with van der Waals surface area (Å²) in [4.78, 5) is 23.6. The van der Waals surface area contributed by atoms with Crippen LogP contribution in [-0.2, 0) is 0 Å². The van der Waals surface area contributed by atoms with Gasteiger partial charge < -0.3 is 14.2 Å². The summed E-state index contributed by atoms with van der Waals surface area (Å²) >= 11 is 0. The highest BCUT2D eigenvalue weighted by molar-refractivity contribution is 5.27. The lowest BCUT2D eigenvalue weighted by Gasteiger charge is -2.09. The SMILES string of the molecule is CC(C)c1ccc(C#N)cn1.CC(C)c1ccc(OCC(F)(F)F)cn1.CC(C)c1ncc(OC(F)F)cn1.CC(C)c1ncc(OC(F)F)cn1. The highest BCUT2D eigenvalue weighted by Gasteiger charge is 2.28. The normalized spacial score (nSPS) is 10.9. The molecule has 4 aromatic heterocycles. The Bertz CT molecular complexity index is 1530. The molecular weight excluding hydrogens is 699 g/mol. The van der Waals surface area contributed by atoms with E-state index in [0.29, 0.717) is 23.1 Å². The number of nitrogens with zero attached hydrogens (tertiary/aromatic N) is 7. The van der Waals surface area contributed by atoms with Crippen molar-refractivity contribution < 1.29 is 44.9 Å². The van der Waals surface area contributed by atoms with Crippen LogP contribution in [0.25, 0.3) is 0 Å². The fourth-order valence-corrected chi connectivity index (χ4v) is 3.37. The van der Waals surface area contributed by atoms with Crippen molar-refractivity contribution in [3.63, 3.8) is 0 Å². The maximum absolute atomic E-state index is 11.8. The van der Waals surface area contributed by atoms with E-state index in [2.05, 4.69) is 58.0 Å². The zero-order chi connectivity index (χ0) is 39.4. The van der Waals surface area contributed by atoms with Crippen molar-refractivity contribution in [1.82, 2.24) is 29.9 Å². The predicted molar refractivity (Wildman–Crippen MR) is 178 cm³/mol. The first-order valence-electron chi connectivity index (χ1n) is 15.9. The van der Waals surface area contributed by atoms with E-state index < -0.39 is 26.0 Å². The molecule has 284 valence electrons. The van der Waals surface area contributed by atoms with Crippen molar-refractivity contribution in [2.75, 3.05) is 6.61 Å². The Kier molecular flexibility index (Phi) is 19.5. The van der Waals surface area contributed by atoms with Crippen LogP contribution in [0.1, 0.15) is 108 Å². The Morgan fingerprint density at radius 3 is 1.21 bits per heavy atom. The van der Waals surface area contributed by atoms with Gasteiger partial charge in [0.25, 0.3) is 0 Å². The smallest absolute Gasteiger partial charge is 0.422 e. The Hall–Kier alpha value is -5.14. The van der Waals surface area contributed by atoms with Crippen molar-refractivity contribution in [2.24, 2.45) is 0 Å². The van der Waals surface area contributed by atoms with E-state index in [1.54, 1.807) is 18.3 Å². The summed E-state index contributed by atoms with van der Waals surface area (Å²) in [7, 11) is 0. The first kappa shape index (κ1) is 44.9. The lowest BCUT2D eigenvalue weighted by molar-refractivity contribution is -0.153. The van der Waals surface area contributed by atoms with Crippen LogP contribution in [0.4, 0.5) is 30.7 Å². The summed E-state index contributed by atoms with van der Waals surface area (Å²) in [5.74, 6) is 2.38. The average Bonchev–Trinajstić information content (AvgIpc) is 3.08. The molecule has 0 aliphatic heterocycles. The van der Waals surface area contributed by atoms with E-state index in [4.69, 9.17) is 5.26 Å². The van der Waals surface area contributed by atoms with Gasteiger partial charge in [-0.3, -0.25) is 9.97 Å². The van der Waals surface area contributed by atoms with Crippen LogP contribution in [0.15, 0.2) is 61.4 Å². The fraction of sp³-hybridized carbons (Fsp3) is 0.457. The van der Waals surface area contributed by atoms with Crippen molar-refractivity contribution in [1.29, 1.82) is 5.26 Å². The van der Waals surface area contributed by atoms with Gasteiger partial charge in [0.15, 0.2) is 18.1 Å². The number of rotatable bonds is 10. The minimum absolute atomic E-state index is 0.0144. The van der Waals surface area contributed by atoms with Crippen molar-refractivity contribution in [2.45, 2.75) is 98.5 Å². The molecule has 0 amide bonds. The van der Waals surface area contributed by atoms with E-state index in [1.807, 2.05) is 53.7 Å². The van der Waals surface area contributed by atoms with E-state index >= 15 is 0 Å². The third kappa shape index (κ3) is 19.3. The monoisotopic (exact) mass is 741 g/mol. The average molecular weight is 742 g/mol. The van der Waals surface area contributed by atoms with Crippen LogP contribution >= 0.6 is 0 Å². The second-order valence-electron chi connectivity index (χ2n) is 11.8. The maximum atomic E-state index is 11.8. The lowest BCUT2D eigenvalue weighted by atomic mass is 10.1. The molecule has 0 saturated carbocycles. The Morgan fingerprint density at radius 2 is 0.942 bits per heavy atom. The molecular formula is C35H42F7N7O3. The second-order valence-corrected chi connectivity index (χ2v) is 11.8. The van der Waals surface area contributed by atoms with Crippen LogP contribution in [0.5, 0.6) is 17.2 Å². The molecule has 0 aliphatic rings. The molecule has 0 aromatic carbocycles. The minimum Gasteiger partial charge on any atom is -0.483 e. The molecule has 17 heteroatoms. The van der Waals surface area contributed by atoms with Gasteiger partial charge in [-0.2, -0.15) is 36.0 Å². The van der Waals surface area contributed by atoms with Gasteiger partial charge in [-0.25, -0.2) is 19.9 Å². The van der Waals surface area contributed by atoms with Crippen LogP contribution < -0.4 is 14.2 Å². The summed E-state index contributed by atoms with van der Waals surface area (Å²) in [6, 6.07) is 8.87. The van der Waals surface area contributed by atoms with Crippen molar-refractivity contribution in [3.05, 3.63) is 90.0 Å². The molecule has 0 unspecified atom stereocenters. The third-order valence-corrected chi connectivity index (χ3v) is 6.04. The Labute approximate surface area is 298 Å². The molecule has 0 saturated heterocycles. The Balaban J connectivity index is 0.000000348. The molecule has 0 fully saturated rings. The molecule has 0 radical (unpaired) electrons. The number of alkyl halides is 7. The molecule has 0 atom stereocenters. The van der Waals surface area contributed by atoms with Crippen LogP contribution in [0, 0.1) is 11.3 Å². The molecule has 4 rings (SSSR count). The largest absolute Gasteiger partial charge is 0.483 e. The van der Waals surface area contributed by atoms with E-state index in [9.17, 15) is 30.7 Å². The minimum atomic E-state index is -4.31. The topological polar surface area (TPSA) is 129 Å². The van der Waals surface area contributed by atoms with Crippen LogP contribution in [-0.4, -0.2) is 55.9 Å². The summed E-state index contributed by atoms with van der Waals surface area (Å²) in [5.41, 5.74) is 2.48. The standard InChI is InChI=1S/C10H12F3NO.C9H10N2.2C8H10F2N2O/c1-7(2)9-4-3-8(5-14-9)15-6-10(11,12)13;1-7(2)9-4-3-8(5-10)6-11-9;2*1-5(2)7-11-3-6(4-12-7)13-8(9)10/h3-5,7H,6H2,1-2H3;3-4,6-7H,1-2H3;2*3-5,8H,1-2H3. The number of hydrogen-bond donors (Lipinski definition) is 0. The van der Waals surface area contributed by atoms with E-state index in [1.165, 1.54) is 37.1 Å². The predicted octanol–water partition coefficient (Wildman–Crippen LogP) is 9.63. The van der Waals surface area contributed by atoms with Crippen LogP contribution in [0.3, 0.4) is 0 Å². The molecule has 4 aromatic rings. The quantitative estimate of drug-likeness (QED) is 0.145. The number of aromatic nitrogens is 6. The van der Waals surface area contributed by atoms with E-state index in [-0.39, 0.29) is 35.0 Å². The van der Waals surface area contributed by atoms with Crippen LogP contribution in [0.2, 0.25) is 0 Å². The van der Waals surface area contributed by atoms with Gasteiger partial charge in [-0.05, 0) is 36.1 Å². The molecule has 0 N–H and O–H groups in total. The van der Waals surface area contributed by atoms with Crippen molar-refractivity contribution >= 4 is 0 Å². The zero-order valence-corrected chi connectivity index (χ0v) is 29.9. The fourth-order valence-electron chi connectivity index (χ4n) is 3.37. The summed E-state index contributed by atoms with van der Waals surface area (Å²) in [5, 5.41) is 8.48. The summed E-state index contributed by atoms with van der Waals surface area (Å²) in [6.07, 6.45) is 3.58. The third-order valence-electron chi connectivity index (χ3n) is 6.04. The van der Waals surface area contributed by atoms with Gasteiger partial charge in [-0.1, -0.05) is 55.4 Å². The number of halogens is 7. The molecule has 0 aliphatic carbocycles. The number of pyridine rings is 2. The zero-order valence-electron chi connectivity index (χ0n) is 29.9. The van der Waals surface area contributed by atoms with Gasteiger partial charge in [-0.15, -0.1) is 0 Å². The second kappa shape index (κ2) is 22.6. The summed E-state index contributed by atoms with van der Waals surface area (Å²) < 4.78 is 94.9. The number of nitriles is 1. The Morgan fingerprint density at radius 1 is 0.558 bits per heavy atom. The maximum Gasteiger partial charge on any atom is 0.422 e. The molecule has 10 nitrogen and oxygen atoms in total. The molecule has 0 bridgehead atoms. The molecule has 0 spiro atoms. The van der Waals surface area contributed by atoms with Gasteiger partial charge in [0.2, 0.25) is 0 Å². The summed E-state index contributed by atoms with van der Waals surface area (Å²) in [6.45, 7) is 8.81. The van der Waals surface area contributed by atoms with Crippen molar-refractivity contribution in [3.8, 4) is 23.3 Å². The first-order valence-corrected chi connectivity index (χ1v) is 15.9. The lowest BCUT2D eigenvalue weighted by Crippen LogP contribution is -2.19. The first-order chi connectivity index (χ1) is 24.3. The molecule has 4 heterocycles. The van der Waals surface area contributed by atoms with Gasteiger partial charge >= 0.3 is 19.4 Å². The van der Waals surface area contributed by atoms with Gasteiger partial charge in [0.1, 0.15) is 23.5 Å². The highest BCUT2D eigenvalue weighted by atomic mass is 19.4.